The van der Waals surface area contributed by atoms with Gasteiger partial charge in [-0.3, -0.25) is 10.1 Å². The Morgan fingerprint density at radius 1 is 1.44 bits per heavy atom. The minimum Gasteiger partial charge on any atom is -0.368 e. The van der Waals surface area contributed by atoms with E-state index in [0.717, 1.165) is 19.6 Å². The molecule has 18 heavy (non-hydrogen) atoms. The quantitative estimate of drug-likeness (QED) is 0.420. The van der Waals surface area contributed by atoms with Crippen molar-refractivity contribution in [3.05, 3.63) is 35.9 Å². The number of guanidine groups is 1. The number of aliphatic imine (C=N–C) groups is 1. The van der Waals surface area contributed by atoms with Crippen molar-refractivity contribution in [2.75, 3.05) is 13.1 Å². The molecule has 1 aromatic carbocycles. The average molecular weight is 248 g/mol. The fourth-order valence-corrected chi connectivity index (χ4v) is 2.39. The van der Waals surface area contributed by atoms with Crippen LogP contribution >= 0.6 is 0 Å². The fourth-order valence-electron chi connectivity index (χ4n) is 2.39. The van der Waals surface area contributed by atoms with Crippen molar-refractivity contribution in [2.24, 2.45) is 16.6 Å². The van der Waals surface area contributed by atoms with Crippen molar-refractivity contribution in [3.63, 3.8) is 0 Å². The van der Waals surface area contributed by atoms with Crippen LogP contribution in [0.3, 0.4) is 0 Å². The van der Waals surface area contributed by atoms with Crippen molar-refractivity contribution in [1.82, 2.24) is 10.4 Å². The molecule has 1 heterocycles. The Labute approximate surface area is 107 Å². The monoisotopic (exact) mass is 248 g/mol. The molecule has 5 heteroatoms. The Morgan fingerprint density at radius 2 is 2.17 bits per heavy atom. The zero-order valence-corrected chi connectivity index (χ0v) is 10.6. The Morgan fingerprint density at radius 3 is 2.83 bits per heavy atom. The molecule has 98 valence electrons. The third kappa shape index (κ3) is 3.21. The zero-order valence-electron chi connectivity index (χ0n) is 10.6. The lowest BCUT2D eigenvalue weighted by atomic mass is 10.1. The molecule has 2 rings (SSSR count). The van der Waals surface area contributed by atoms with Crippen molar-refractivity contribution < 1.29 is 5.21 Å². The van der Waals surface area contributed by atoms with Crippen LogP contribution in [0.5, 0.6) is 0 Å². The second-order valence-electron chi connectivity index (χ2n) is 4.85. The van der Waals surface area contributed by atoms with Gasteiger partial charge >= 0.3 is 0 Å². The number of nitrogens with two attached hydrogens (primary N) is 1. The number of likely N-dealkylation sites (tertiary alicyclic amines) is 1. The Kier molecular flexibility index (Phi) is 4.17. The number of hydrogen-bond donors (Lipinski definition) is 3. The lowest BCUT2D eigenvalue weighted by Crippen LogP contribution is -2.32. The summed E-state index contributed by atoms with van der Waals surface area (Å²) in [6.45, 7) is 4.97. The molecule has 0 amide bonds. The molecule has 5 nitrogen and oxygen atoms in total. The van der Waals surface area contributed by atoms with E-state index in [1.165, 1.54) is 5.56 Å². The normalized spacial score (nSPS) is 25.3. The van der Waals surface area contributed by atoms with Crippen LogP contribution in [0.1, 0.15) is 12.5 Å². The standard InChI is InChI=1S/C13H20N4O/c1-10-7-17(8-11-5-3-2-4-6-11)9-12(10)15-13(14)16-18/h2-6,10,12,18H,7-9H2,1H3,(H3,14,15,16). The molecule has 1 aromatic rings. The van der Waals surface area contributed by atoms with Gasteiger partial charge in [0.2, 0.25) is 5.96 Å². The summed E-state index contributed by atoms with van der Waals surface area (Å²) in [7, 11) is 0. The Bertz CT molecular complexity index is 407. The van der Waals surface area contributed by atoms with Crippen molar-refractivity contribution in [1.29, 1.82) is 0 Å². The number of rotatable bonds is 3. The summed E-state index contributed by atoms with van der Waals surface area (Å²) >= 11 is 0. The summed E-state index contributed by atoms with van der Waals surface area (Å²) in [4.78, 5) is 6.62. The maximum atomic E-state index is 8.66. The molecule has 1 fully saturated rings. The molecule has 2 unspecified atom stereocenters. The number of hydrogen-bond acceptors (Lipinski definition) is 3. The zero-order chi connectivity index (χ0) is 13.0. The number of benzene rings is 1. The highest BCUT2D eigenvalue weighted by molar-refractivity contribution is 5.76. The molecule has 0 bridgehead atoms. The van der Waals surface area contributed by atoms with E-state index in [0.29, 0.717) is 5.92 Å². The van der Waals surface area contributed by atoms with Gasteiger partial charge in [-0.1, -0.05) is 37.3 Å². The lowest BCUT2D eigenvalue weighted by molar-refractivity contribution is 0.231. The van der Waals surface area contributed by atoms with Crippen molar-refractivity contribution >= 4 is 5.96 Å². The third-order valence-electron chi connectivity index (χ3n) is 3.32. The first-order valence-corrected chi connectivity index (χ1v) is 6.18. The van der Waals surface area contributed by atoms with Crippen LogP contribution in [-0.2, 0) is 6.54 Å². The maximum Gasteiger partial charge on any atom is 0.213 e. The molecule has 4 N–H and O–H groups in total. The van der Waals surface area contributed by atoms with Gasteiger partial charge in [0, 0.05) is 19.6 Å². The van der Waals surface area contributed by atoms with E-state index in [1.807, 2.05) is 11.5 Å². The predicted molar refractivity (Wildman–Crippen MR) is 71.2 cm³/mol. The maximum absolute atomic E-state index is 8.66. The number of hydroxylamine groups is 1. The van der Waals surface area contributed by atoms with Gasteiger partial charge in [-0.15, -0.1) is 0 Å². The van der Waals surface area contributed by atoms with Crippen molar-refractivity contribution in [3.8, 4) is 0 Å². The second-order valence-corrected chi connectivity index (χ2v) is 4.85. The topological polar surface area (TPSA) is 73.9 Å². The molecule has 0 spiro atoms. The number of nitrogens with zero attached hydrogens (tertiary/aromatic N) is 2. The van der Waals surface area contributed by atoms with Gasteiger partial charge in [-0.2, -0.15) is 0 Å². The van der Waals surface area contributed by atoms with E-state index >= 15 is 0 Å². The Balaban J connectivity index is 1.94. The Hall–Kier alpha value is -1.59. The van der Waals surface area contributed by atoms with Crippen LogP contribution in [-0.4, -0.2) is 35.2 Å². The molecule has 2 atom stereocenters. The fraction of sp³-hybridized carbons (Fsp3) is 0.462. The predicted octanol–water partition coefficient (Wildman–Crippen LogP) is 0.800. The van der Waals surface area contributed by atoms with Gasteiger partial charge in [0.05, 0.1) is 6.04 Å². The highest BCUT2D eigenvalue weighted by Crippen LogP contribution is 2.21. The van der Waals surface area contributed by atoms with Gasteiger partial charge in [0.1, 0.15) is 0 Å². The first kappa shape index (κ1) is 12.9. The molecule has 0 aromatic heterocycles. The van der Waals surface area contributed by atoms with Crippen LogP contribution in [0, 0.1) is 5.92 Å². The molecular formula is C13H20N4O. The minimum atomic E-state index is 0.0911. The minimum absolute atomic E-state index is 0.0911. The largest absolute Gasteiger partial charge is 0.368 e. The van der Waals surface area contributed by atoms with E-state index in [9.17, 15) is 0 Å². The first-order chi connectivity index (χ1) is 8.69. The molecule has 1 aliphatic rings. The van der Waals surface area contributed by atoms with Crippen LogP contribution < -0.4 is 11.2 Å². The smallest absolute Gasteiger partial charge is 0.213 e. The van der Waals surface area contributed by atoms with Gasteiger partial charge in [-0.05, 0) is 11.5 Å². The van der Waals surface area contributed by atoms with E-state index in [1.54, 1.807) is 0 Å². The highest BCUT2D eigenvalue weighted by atomic mass is 16.5. The summed E-state index contributed by atoms with van der Waals surface area (Å²) in [5.41, 5.74) is 8.68. The van der Waals surface area contributed by atoms with Gasteiger partial charge in [-0.25, -0.2) is 10.5 Å². The van der Waals surface area contributed by atoms with Crippen LogP contribution in [0.2, 0.25) is 0 Å². The van der Waals surface area contributed by atoms with Crippen LogP contribution in [0.4, 0.5) is 0 Å². The molecule has 0 aliphatic carbocycles. The third-order valence-corrected chi connectivity index (χ3v) is 3.32. The molecule has 0 radical (unpaired) electrons. The molecule has 1 aliphatic heterocycles. The highest BCUT2D eigenvalue weighted by Gasteiger charge is 2.29. The summed E-state index contributed by atoms with van der Waals surface area (Å²) in [6, 6.07) is 10.5. The summed E-state index contributed by atoms with van der Waals surface area (Å²) in [5, 5.41) is 8.66. The second kappa shape index (κ2) is 5.84. The van der Waals surface area contributed by atoms with Crippen LogP contribution in [0.15, 0.2) is 35.3 Å². The molecule has 1 saturated heterocycles. The van der Waals surface area contributed by atoms with E-state index in [-0.39, 0.29) is 12.0 Å². The summed E-state index contributed by atoms with van der Waals surface area (Å²) in [6.07, 6.45) is 0. The molecular weight excluding hydrogens is 228 g/mol. The average Bonchev–Trinajstić information content (AvgIpc) is 2.70. The van der Waals surface area contributed by atoms with E-state index in [2.05, 4.69) is 41.1 Å². The summed E-state index contributed by atoms with van der Waals surface area (Å²) in [5.74, 6) is 0.536. The van der Waals surface area contributed by atoms with E-state index in [4.69, 9.17) is 10.9 Å². The lowest BCUT2D eigenvalue weighted by Gasteiger charge is -2.14. The SMILES string of the molecule is CC1CN(Cc2ccccc2)CC1N=C(N)NO. The summed E-state index contributed by atoms with van der Waals surface area (Å²) < 4.78 is 0. The number of nitrogens with one attached hydrogen (secondary N) is 1. The van der Waals surface area contributed by atoms with Gasteiger partial charge in [0.15, 0.2) is 0 Å². The first-order valence-electron chi connectivity index (χ1n) is 6.18. The van der Waals surface area contributed by atoms with Crippen LogP contribution in [0.25, 0.3) is 0 Å². The van der Waals surface area contributed by atoms with Gasteiger partial charge in [0.25, 0.3) is 0 Å². The molecule has 0 saturated carbocycles. The van der Waals surface area contributed by atoms with Gasteiger partial charge < -0.3 is 5.73 Å². The van der Waals surface area contributed by atoms with Crippen molar-refractivity contribution in [2.45, 2.75) is 19.5 Å². The van der Waals surface area contributed by atoms with E-state index < -0.39 is 0 Å².